The lowest BCUT2D eigenvalue weighted by Gasteiger charge is -2.26. The number of nitrogens with one attached hydrogen (secondary N) is 2. The van der Waals surface area contributed by atoms with Gasteiger partial charge in [0, 0.05) is 17.5 Å². The fourth-order valence-corrected chi connectivity index (χ4v) is 3.27. The Bertz CT molecular complexity index is 978. The van der Waals surface area contributed by atoms with Gasteiger partial charge in [-0.05, 0) is 36.8 Å². The second-order valence-electron chi connectivity index (χ2n) is 6.45. The highest BCUT2D eigenvalue weighted by Crippen LogP contribution is 2.33. The van der Waals surface area contributed by atoms with Gasteiger partial charge < -0.3 is 15.1 Å². The van der Waals surface area contributed by atoms with E-state index in [-0.39, 0.29) is 24.3 Å². The average Bonchev–Trinajstić information content (AvgIpc) is 3.04. The highest BCUT2D eigenvalue weighted by Gasteiger charge is 2.32. The van der Waals surface area contributed by atoms with Crippen LogP contribution >= 0.6 is 0 Å². The molecule has 0 spiro atoms. The molecule has 0 unspecified atom stereocenters. The molecule has 0 fully saturated rings. The molecule has 0 bridgehead atoms. The number of hydrogen-bond acceptors (Lipinski definition) is 3. The summed E-state index contributed by atoms with van der Waals surface area (Å²) in [7, 11) is 0. The van der Waals surface area contributed by atoms with Crippen LogP contribution in [0.5, 0.6) is 0 Å². The summed E-state index contributed by atoms with van der Waals surface area (Å²) >= 11 is 0. The summed E-state index contributed by atoms with van der Waals surface area (Å²) in [6.45, 7) is 1.82. The van der Waals surface area contributed by atoms with Crippen LogP contribution in [0, 0.1) is 5.82 Å². The number of carbonyl (C=O) groups is 2. The smallest absolute Gasteiger partial charge is 0.228 e. The Hall–Kier alpha value is -3.15. The molecule has 1 aliphatic rings. The number of anilines is 1. The van der Waals surface area contributed by atoms with Gasteiger partial charge in [-0.15, -0.1) is 0 Å². The predicted molar refractivity (Wildman–Crippen MR) is 95.2 cm³/mol. The number of carbonyl (C=O) groups excluding carboxylic acids is 2. The number of fused-ring (bicyclic) bond motifs is 2. The van der Waals surface area contributed by atoms with Gasteiger partial charge in [0.05, 0.1) is 12.0 Å². The van der Waals surface area contributed by atoms with Crippen LogP contribution in [0.25, 0.3) is 11.0 Å². The molecule has 132 valence electrons. The van der Waals surface area contributed by atoms with Crippen LogP contribution in [0.3, 0.4) is 0 Å². The lowest BCUT2D eigenvalue weighted by atomic mass is 9.89. The van der Waals surface area contributed by atoms with Crippen LogP contribution in [0.15, 0.2) is 52.9 Å². The van der Waals surface area contributed by atoms with E-state index in [1.165, 1.54) is 12.1 Å². The predicted octanol–water partition coefficient (Wildman–Crippen LogP) is 3.88. The molecule has 0 saturated carbocycles. The van der Waals surface area contributed by atoms with Gasteiger partial charge in [0.2, 0.25) is 11.8 Å². The van der Waals surface area contributed by atoms with Gasteiger partial charge in [-0.1, -0.05) is 24.3 Å². The zero-order valence-electron chi connectivity index (χ0n) is 14.1. The Morgan fingerprint density at radius 2 is 2.08 bits per heavy atom. The average molecular weight is 352 g/mol. The monoisotopic (exact) mass is 352 g/mol. The van der Waals surface area contributed by atoms with Crippen LogP contribution in [0.1, 0.15) is 36.6 Å². The van der Waals surface area contributed by atoms with Gasteiger partial charge in [-0.2, -0.15) is 0 Å². The van der Waals surface area contributed by atoms with E-state index in [4.69, 9.17) is 4.42 Å². The lowest BCUT2D eigenvalue weighted by Crippen LogP contribution is -2.36. The van der Waals surface area contributed by atoms with Crippen molar-refractivity contribution in [3.05, 3.63) is 65.7 Å². The molecule has 2 atom stereocenters. The van der Waals surface area contributed by atoms with Gasteiger partial charge in [0.25, 0.3) is 0 Å². The third-order valence-corrected chi connectivity index (χ3v) is 4.60. The van der Waals surface area contributed by atoms with Crippen LogP contribution in [-0.4, -0.2) is 11.8 Å². The molecule has 2 heterocycles. The third kappa shape index (κ3) is 2.94. The molecular formula is C20H17FN2O3. The molecule has 4 rings (SSSR count). The largest absolute Gasteiger partial charge is 0.459 e. The second-order valence-corrected chi connectivity index (χ2v) is 6.45. The molecule has 2 amide bonds. The van der Waals surface area contributed by atoms with Gasteiger partial charge >= 0.3 is 0 Å². The Kier molecular flexibility index (Phi) is 3.95. The fourth-order valence-electron chi connectivity index (χ4n) is 3.27. The topological polar surface area (TPSA) is 71.3 Å². The number of para-hydroxylation sites is 1. The van der Waals surface area contributed by atoms with Gasteiger partial charge in [0.15, 0.2) is 0 Å². The standard InChI is InChI=1S/C20H17FN2O3/c1-11(18-8-12-4-2-3-5-17(12)26-18)22-20(25)15-10-19(24)23-16-9-13(21)6-7-14(15)16/h2-9,11,15H,10H2,1H3,(H,22,25)(H,23,24)/t11-,15-/m0/s1. The van der Waals surface area contributed by atoms with Gasteiger partial charge in [-0.25, -0.2) is 4.39 Å². The third-order valence-electron chi connectivity index (χ3n) is 4.60. The van der Waals surface area contributed by atoms with Crippen LogP contribution in [-0.2, 0) is 9.59 Å². The van der Waals surface area contributed by atoms with Crippen molar-refractivity contribution in [2.45, 2.75) is 25.3 Å². The summed E-state index contributed by atoms with van der Waals surface area (Å²) in [4.78, 5) is 24.7. The van der Waals surface area contributed by atoms with Gasteiger partial charge in [0.1, 0.15) is 17.2 Å². The molecule has 0 radical (unpaired) electrons. The van der Waals surface area contributed by atoms with Crippen LogP contribution in [0.4, 0.5) is 10.1 Å². The molecular weight excluding hydrogens is 335 g/mol. The zero-order chi connectivity index (χ0) is 18.3. The summed E-state index contributed by atoms with van der Waals surface area (Å²) in [6, 6.07) is 13.2. The van der Waals surface area contributed by atoms with E-state index in [0.717, 1.165) is 11.0 Å². The maximum atomic E-state index is 13.4. The van der Waals surface area contributed by atoms with Crippen molar-refractivity contribution in [1.82, 2.24) is 5.32 Å². The summed E-state index contributed by atoms with van der Waals surface area (Å²) < 4.78 is 19.2. The minimum Gasteiger partial charge on any atom is -0.459 e. The highest BCUT2D eigenvalue weighted by atomic mass is 19.1. The Morgan fingerprint density at radius 1 is 1.27 bits per heavy atom. The number of rotatable bonds is 3. The molecule has 1 aliphatic heterocycles. The van der Waals surface area contributed by atoms with E-state index in [0.29, 0.717) is 17.0 Å². The maximum Gasteiger partial charge on any atom is 0.228 e. The van der Waals surface area contributed by atoms with E-state index in [9.17, 15) is 14.0 Å². The van der Waals surface area contributed by atoms with Crippen molar-refractivity contribution in [2.24, 2.45) is 0 Å². The van der Waals surface area contributed by atoms with E-state index in [1.807, 2.05) is 37.3 Å². The molecule has 1 aromatic heterocycles. The van der Waals surface area contributed by atoms with E-state index in [2.05, 4.69) is 10.6 Å². The minimum absolute atomic E-state index is 0.0251. The van der Waals surface area contributed by atoms with Crippen molar-refractivity contribution in [3.63, 3.8) is 0 Å². The Morgan fingerprint density at radius 3 is 2.88 bits per heavy atom. The van der Waals surface area contributed by atoms with Crippen molar-refractivity contribution in [3.8, 4) is 0 Å². The first kappa shape index (κ1) is 16.3. The molecule has 0 aliphatic carbocycles. The van der Waals surface area contributed by atoms with Crippen molar-refractivity contribution in [2.75, 3.05) is 5.32 Å². The van der Waals surface area contributed by atoms with Crippen molar-refractivity contribution < 1.29 is 18.4 Å². The lowest BCUT2D eigenvalue weighted by molar-refractivity contribution is -0.126. The first-order valence-corrected chi connectivity index (χ1v) is 8.39. The first-order chi connectivity index (χ1) is 12.5. The summed E-state index contributed by atoms with van der Waals surface area (Å²) in [6.07, 6.45) is 0.0251. The summed E-state index contributed by atoms with van der Waals surface area (Å²) in [5, 5.41) is 6.47. The molecule has 2 N–H and O–H groups in total. The quantitative estimate of drug-likeness (QED) is 0.751. The first-order valence-electron chi connectivity index (χ1n) is 8.39. The minimum atomic E-state index is -0.661. The molecule has 0 saturated heterocycles. The van der Waals surface area contributed by atoms with E-state index >= 15 is 0 Å². The molecule has 6 heteroatoms. The molecule has 5 nitrogen and oxygen atoms in total. The SMILES string of the molecule is C[C@H](NC(=O)[C@H]1CC(=O)Nc2cc(F)ccc21)c1cc2ccccc2o1. The second kappa shape index (κ2) is 6.29. The highest BCUT2D eigenvalue weighted by molar-refractivity contribution is 6.01. The van der Waals surface area contributed by atoms with Crippen molar-refractivity contribution >= 4 is 28.5 Å². The van der Waals surface area contributed by atoms with Crippen molar-refractivity contribution in [1.29, 1.82) is 0 Å². The number of amides is 2. The fraction of sp³-hybridized carbons (Fsp3) is 0.200. The van der Waals surface area contributed by atoms with E-state index in [1.54, 1.807) is 6.07 Å². The molecule has 26 heavy (non-hydrogen) atoms. The Labute approximate surface area is 149 Å². The normalized spacial score (nSPS) is 17.5. The van der Waals surface area contributed by atoms with E-state index < -0.39 is 11.7 Å². The van der Waals surface area contributed by atoms with Crippen LogP contribution in [0.2, 0.25) is 0 Å². The van der Waals surface area contributed by atoms with Gasteiger partial charge in [-0.3, -0.25) is 9.59 Å². The number of halogens is 1. The Balaban J connectivity index is 1.57. The van der Waals surface area contributed by atoms with Crippen LogP contribution < -0.4 is 10.6 Å². The molecule has 2 aromatic carbocycles. The molecule has 3 aromatic rings. The maximum absolute atomic E-state index is 13.4. The summed E-state index contributed by atoms with van der Waals surface area (Å²) in [5.41, 5.74) is 1.71. The number of furan rings is 1. The summed E-state index contributed by atoms with van der Waals surface area (Å²) in [5.74, 6) is -1.08. The zero-order valence-corrected chi connectivity index (χ0v) is 14.1. The number of hydrogen-bond donors (Lipinski definition) is 2. The number of benzene rings is 2.